The lowest BCUT2D eigenvalue weighted by Crippen LogP contribution is -2.07. The monoisotopic (exact) mass is 283 g/mol. The summed E-state index contributed by atoms with van der Waals surface area (Å²) in [6.07, 6.45) is 0. The molecule has 2 rings (SSSR count). The zero-order valence-electron chi connectivity index (χ0n) is 12.9. The molecule has 0 aliphatic heterocycles. The van der Waals surface area contributed by atoms with E-state index in [0.717, 1.165) is 16.9 Å². The number of nitrogen functional groups attached to an aromatic ring is 1. The zero-order valence-corrected chi connectivity index (χ0v) is 12.9. The summed E-state index contributed by atoms with van der Waals surface area (Å²) >= 11 is 0. The van der Waals surface area contributed by atoms with Crippen molar-refractivity contribution in [2.24, 2.45) is 0 Å². The van der Waals surface area contributed by atoms with E-state index in [1.165, 1.54) is 0 Å². The Labute approximate surface area is 125 Å². The second-order valence-electron chi connectivity index (χ2n) is 5.51. The van der Waals surface area contributed by atoms with Crippen LogP contribution in [0.1, 0.15) is 46.8 Å². The van der Waals surface area contributed by atoms with E-state index in [0.29, 0.717) is 22.7 Å². The Hall–Kier alpha value is -2.29. The number of carbonyl (C=O) groups is 1. The maximum absolute atomic E-state index is 12.7. The number of aryl methyl sites for hydroxylation is 1. The van der Waals surface area contributed by atoms with Crippen LogP contribution in [-0.4, -0.2) is 12.9 Å². The number of methoxy groups -OCH3 is 1. The van der Waals surface area contributed by atoms with Crippen molar-refractivity contribution in [1.82, 2.24) is 0 Å². The van der Waals surface area contributed by atoms with Crippen molar-refractivity contribution in [1.29, 1.82) is 0 Å². The van der Waals surface area contributed by atoms with Crippen LogP contribution in [0.2, 0.25) is 0 Å². The summed E-state index contributed by atoms with van der Waals surface area (Å²) in [4.78, 5) is 12.7. The molecule has 0 bridgehead atoms. The van der Waals surface area contributed by atoms with Gasteiger partial charge in [-0.1, -0.05) is 13.8 Å². The number of hydrogen-bond donors (Lipinski definition) is 1. The molecule has 2 aromatic carbocycles. The molecule has 0 amide bonds. The summed E-state index contributed by atoms with van der Waals surface area (Å²) in [5.74, 6) is 1.13. The smallest absolute Gasteiger partial charge is 0.193 e. The molecule has 3 heteroatoms. The molecule has 0 aliphatic carbocycles. The largest absolute Gasteiger partial charge is 0.496 e. The maximum Gasteiger partial charge on any atom is 0.193 e. The third-order valence-corrected chi connectivity index (χ3v) is 3.62. The third-order valence-electron chi connectivity index (χ3n) is 3.62. The van der Waals surface area contributed by atoms with Crippen molar-refractivity contribution in [2.75, 3.05) is 12.8 Å². The molecule has 0 unspecified atom stereocenters. The normalized spacial score (nSPS) is 10.7. The van der Waals surface area contributed by atoms with Crippen LogP contribution in [0, 0.1) is 6.92 Å². The van der Waals surface area contributed by atoms with Crippen LogP contribution in [0.15, 0.2) is 36.4 Å². The Balaban J connectivity index is 2.50. The first kappa shape index (κ1) is 15.1. The molecule has 0 saturated heterocycles. The van der Waals surface area contributed by atoms with Gasteiger partial charge in [-0.3, -0.25) is 4.79 Å². The summed E-state index contributed by atoms with van der Waals surface area (Å²) in [6.45, 7) is 6.10. The number of benzene rings is 2. The van der Waals surface area contributed by atoms with Gasteiger partial charge in [-0.25, -0.2) is 0 Å². The predicted molar refractivity (Wildman–Crippen MR) is 86.1 cm³/mol. The summed E-state index contributed by atoms with van der Waals surface area (Å²) in [5, 5.41) is 0. The molecule has 0 radical (unpaired) electrons. The Morgan fingerprint density at radius 1 is 1.14 bits per heavy atom. The van der Waals surface area contributed by atoms with Gasteiger partial charge in [0.25, 0.3) is 0 Å². The zero-order chi connectivity index (χ0) is 15.6. The van der Waals surface area contributed by atoms with Gasteiger partial charge < -0.3 is 10.5 Å². The quantitative estimate of drug-likeness (QED) is 0.683. The lowest BCUT2D eigenvalue weighted by molar-refractivity contribution is 0.103. The minimum Gasteiger partial charge on any atom is -0.496 e. The first-order valence-electron chi connectivity index (χ1n) is 7.02. The van der Waals surface area contributed by atoms with E-state index in [2.05, 4.69) is 13.8 Å². The van der Waals surface area contributed by atoms with Crippen LogP contribution in [0.25, 0.3) is 0 Å². The number of ether oxygens (including phenoxy) is 1. The van der Waals surface area contributed by atoms with Crippen molar-refractivity contribution >= 4 is 11.5 Å². The summed E-state index contributed by atoms with van der Waals surface area (Å²) in [7, 11) is 1.65. The number of rotatable bonds is 4. The molecule has 3 nitrogen and oxygen atoms in total. The van der Waals surface area contributed by atoms with Crippen LogP contribution in [0.4, 0.5) is 5.69 Å². The summed E-state index contributed by atoms with van der Waals surface area (Å²) in [5.41, 5.74) is 9.64. The molecule has 0 aromatic heterocycles. The first-order chi connectivity index (χ1) is 9.93. The van der Waals surface area contributed by atoms with Crippen molar-refractivity contribution in [3.05, 3.63) is 58.7 Å². The van der Waals surface area contributed by atoms with Crippen LogP contribution in [-0.2, 0) is 0 Å². The highest BCUT2D eigenvalue weighted by Gasteiger charge is 2.17. The minimum absolute atomic E-state index is 0.0112. The number of carbonyl (C=O) groups excluding carboxylic acids is 1. The van der Waals surface area contributed by atoms with Gasteiger partial charge in [-0.15, -0.1) is 0 Å². The molecular formula is C18H21NO2. The molecule has 0 aliphatic rings. The van der Waals surface area contributed by atoms with E-state index < -0.39 is 0 Å². The fourth-order valence-electron chi connectivity index (χ4n) is 2.36. The summed E-state index contributed by atoms with van der Waals surface area (Å²) < 4.78 is 5.42. The molecule has 0 spiro atoms. The Kier molecular flexibility index (Phi) is 4.32. The third kappa shape index (κ3) is 3.07. The molecule has 0 fully saturated rings. The van der Waals surface area contributed by atoms with Crippen LogP contribution in [0.3, 0.4) is 0 Å². The average Bonchev–Trinajstić information content (AvgIpc) is 2.46. The van der Waals surface area contributed by atoms with Crippen molar-refractivity contribution in [3.8, 4) is 5.75 Å². The number of anilines is 1. The van der Waals surface area contributed by atoms with Gasteiger partial charge in [0, 0.05) is 16.8 Å². The minimum atomic E-state index is 0.0112. The van der Waals surface area contributed by atoms with Crippen molar-refractivity contribution in [2.45, 2.75) is 26.7 Å². The number of nitrogens with two attached hydrogens (primary N) is 1. The van der Waals surface area contributed by atoms with Gasteiger partial charge >= 0.3 is 0 Å². The Morgan fingerprint density at radius 3 is 2.29 bits per heavy atom. The molecule has 21 heavy (non-hydrogen) atoms. The molecule has 2 aromatic rings. The second kappa shape index (κ2) is 6.00. The van der Waals surface area contributed by atoms with Gasteiger partial charge in [-0.05, 0) is 60.4 Å². The van der Waals surface area contributed by atoms with Crippen LogP contribution in [0.5, 0.6) is 5.75 Å². The van der Waals surface area contributed by atoms with Gasteiger partial charge in [0.2, 0.25) is 0 Å². The van der Waals surface area contributed by atoms with Gasteiger partial charge in [-0.2, -0.15) is 0 Å². The van der Waals surface area contributed by atoms with Gasteiger partial charge in [0.05, 0.1) is 7.11 Å². The molecule has 0 saturated carbocycles. The van der Waals surface area contributed by atoms with Gasteiger partial charge in [0.1, 0.15) is 5.75 Å². The van der Waals surface area contributed by atoms with E-state index >= 15 is 0 Å². The number of ketones is 1. The predicted octanol–water partition coefficient (Wildman–Crippen LogP) is 3.94. The average molecular weight is 283 g/mol. The van der Waals surface area contributed by atoms with E-state index in [4.69, 9.17) is 10.5 Å². The van der Waals surface area contributed by atoms with Crippen molar-refractivity contribution < 1.29 is 9.53 Å². The second-order valence-corrected chi connectivity index (χ2v) is 5.51. The molecular weight excluding hydrogens is 262 g/mol. The highest BCUT2D eigenvalue weighted by molar-refractivity contribution is 6.10. The Bertz CT molecular complexity index is 658. The lowest BCUT2D eigenvalue weighted by atomic mass is 9.92. The maximum atomic E-state index is 12.7. The highest BCUT2D eigenvalue weighted by atomic mass is 16.5. The van der Waals surface area contributed by atoms with E-state index in [1.54, 1.807) is 31.4 Å². The first-order valence-corrected chi connectivity index (χ1v) is 7.02. The van der Waals surface area contributed by atoms with Crippen molar-refractivity contribution in [3.63, 3.8) is 0 Å². The standard InChI is InChI=1S/C18H21NO2/c1-11(2)15-10-16(12(3)9-17(15)21-4)18(20)13-5-7-14(19)8-6-13/h5-11H,19H2,1-4H3. The fraction of sp³-hybridized carbons (Fsp3) is 0.278. The lowest BCUT2D eigenvalue weighted by Gasteiger charge is -2.15. The summed E-state index contributed by atoms with van der Waals surface area (Å²) in [6, 6.07) is 10.9. The Morgan fingerprint density at radius 2 is 1.76 bits per heavy atom. The number of hydrogen-bond acceptors (Lipinski definition) is 3. The molecule has 110 valence electrons. The topological polar surface area (TPSA) is 52.3 Å². The SMILES string of the molecule is COc1cc(C)c(C(=O)c2ccc(N)cc2)cc1C(C)C. The van der Waals surface area contributed by atoms with E-state index in [9.17, 15) is 4.79 Å². The van der Waals surface area contributed by atoms with Gasteiger partial charge in [0.15, 0.2) is 5.78 Å². The van der Waals surface area contributed by atoms with E-state index in [-0.39, 0.29) is 5.78 Å². The van der Waals surface area contributed by atoms with Crippen LogP contribution < -0.4 is 10.5 Å². The molecule has 0 heterocycles. The fourth-order valence-corrected chi connectivity index (χ4v) is 2.36. The molecule has 2 N–H and O–H groups in total. The molecule has 0 atom stereocenters. The van der Waals surface area contributed by atoms with Crippen LogP contribution >= 0.6 is 0 Å². The highest BCUT2D eigenvalue weighted by Crippen LogP contribution is 2.30. The van der Waals surface area contributed by atoms with E-state index in [1.807, 2.05) is 19.1 Å².